The maximum absolute atomic E-state index is 13.0. The van der Waals surface area contributed by atoms with Gasteiger partial charge in [0.25, 0.3) is 5.91 Å². The van der Waals surface area contributed by atoms with E-state index in [1.54, 1.807) is 12.1 Å². The second kappa shape index (κ2) is 7.14. The number of ketones is 1. The summed E-state index contributed by atoms with van der Waals surface area (Å²) in [6.07, 6.45) is 2.16. The van der Waals surface area contributed by atoms with Gasteiger partial charge in [0.05, 0.1) is 9.79 Å². The maximum atomic E-state index is 13.0. The highest BCUT2D eigenvalue weighted by Gasteiger charge is 2.35. The molecule has 1 atom stereocenters. The third kappa shape index (κ3) is 3.04. The molecule has 0 aliphatic carbocycles. The summed E-state index contributed by atoms with van der Waals surface area (Å²) in [5.41, 5.74) is 0.534. The van der Waals surface area contributed by atoms with Crippen molar-refractivity contribution in [3.8, 4) is 0 Å². The summed E-state index contributed by atoms with van der Waals surface area (Å²) in [5.74, 6) is -0.663. The molecule has 1 amide bonds. The first kappa shape index (κ1) is 18.8. The molecular formula is C21H22N2O4S. The molecule has 146 valence electrons. The summed E-state index contributed by atoms with van der Waals surface area (Å²) in [7, 11) is -3.84. The van der Waals surface area contributed by atoms with Crippen LogP contribution in [0.5, 0.6) is 0 Å². The Morgan fingerprint density at radius 1 is 1.14 bits per heavy atom. The van der Waals surface area contributed by atoms with Gasteiger partial charge in [0, 0.05) is 29.3 Å². The molecule has 0 aromatic heterocycles. The van der Waals surface area contributed by atoms with Crippen LogP contribution >= 0.6 is 0 Å². The molecule has 2 aromatic carbocycles. The van der Waals surface area contributed by atoms with Crippen LogP contribution < -0.4 is 5.32 Å². The van der Waals surface area contributed by atoms with Gasteiger partial charge < -0.3 is 5.32 Å². The topological polar surface area (TPSA) is 83.6 Å². The Hall–Kier alpha value is -2.51. The molecule has 7 heteroatoms. The van der Waals surface area contributed by atoms with Gasteiger partial charge in [-0.2, -0.15) is 0 Å². The Labute approximate surface area is 164 Å². The quantitative estimate of drug-likeness (QED) is 0.729. The molecule has 0 radical (unpaired) electrons. The van der Waals surface area contributed by atoms with Gasteiger partial charge in [-0.05, 0) is 56.3 Å². The molecule has 0 bridgehead atoms. The first-order valence-corrected chi connectivity index (χ1v) is 11.0. The van der Waals surface area contributed by atoms with Gasteiger partial charge in [0.15, 0.2) is 5.78 Å². The minimum Gasteiger partial charge on any atom is -0.350 e. The highest BCUT2D eigenvalue weighted by atomic mass is 32.2. The molecule has 6 nitrogen and oxygen atoms in total. The third-order valence-corrected chi connectivity index (χ3v) is 7.45. The summed E-state index contributed by atoms with van der Waals surface area (Å²) in [5, 5.41) is 2.91. The van der Waals surface area contributed by atoms with Crippen molar-refractivity contribution in [1.82, 2.24) is 10.2 Å². The van der Waals surface area contributed by atoms with E-state index in [1.807, 2.05) is 0 Å². The van der Waals surface area contributed by atoms with Gasteiger partial charge in [-0.3, -0.25) is 14.5 Å². The Balaban J connectivity index is 1.61. The number of hydrogen-bond acceptors (Lipinski definition) is 5. The number of carbonyl (C=O) groups is 2. The van der Waals surface area contributed by atoms with Crippen LogP contribution in [0.4, 0.5) is 0 Å². The molecule has 1 saturated heterocycles. The van der Waals surface area contributed by atoms with E-state index in [9.17, 15) is 18.0 Å². The van der Waals surface area contributed by atoms with Crippen molar-refractivity contribution in [2.24, 2.45) is 0 Å². The van der Waals surface area contributed by atoms with E-state index in [0.717, 1.165) is 25.9 Å². The molecule has 1 fully saturated rings. The van der Waals surface area contributed by atoms with Crippen molar-refractivity contribution in [2.75, 3.05) is 19.6 Å². The lowest BCUT2D eigenvalue weighted by molar-refractivity contribution is 0.0939. The van der Waals surface area contributed by atoms with E-state index >= 15 is 0 Å². The van der Waals surface area contributed by atoms with Gasteiger partial charge >= 0.3 is 0 Å². The second-order valence-electron chi connectivity index (χ2n) is 7.17. The molecule has 0 spiro atoms. The first-order chi connectivity index (χ1) is 13.4. The van der Waals surface area contributed by atoms with Crippen LogP contribution in [0.2, 0.25) is 0 Å². The van der Waals surface area contributed by atoms with Gasteiger partial charge in [0.2, 0.25) is 9.84 Å². The van der Waals surface area contributed by atoms with E-state index in [1.165, 1.54) is 30.3 Å². The van der Waals surface area contributed by atoms with Crippen molar-refractivity contribution < 1.29 is 18.0 Å². The fraction of sp³-hybridized carbons (Fsp3) is 0.333. The Morgan fingerprint density at radius 2 is 1.89 bits per heavy atom. The van der Waals surface area contributed by atoms with Crippen molar-refractivity contribution in [1.29, 1.82) is 0 Å². The molecule has 0 unspecified atom stereocenters. The monoisotopic (exact) mass is 398 g/mol. The van der Waals surface area contributed by atoms with Gasteiger partial charge in [-0.15, -0.1) is 0 Å². The van der Waals surface area contributed by atoms with Crippen molar-refractivity contribution in [3.05, 3.63) is 59.2 Å². The zero-order valence-corrected chi connectivity index (χ0v) is 16.5. The SMILES string of the molecule is CCN1CCC[C@H]1CNC(=O)c1ccc2c(c1)S(=O)(=O)c1ccccc1C2=O. The minimum atomic E-state index is -3.84. The molecule has 2 aliphatic heterocycles. The number of amides is 1. The fourth-order valence-corrected chi connectivity index (χ4v) is 5.76. The van der Waals surface area contributed by atoms with Gasteiger partial charge in [-0.25, -0.2) is 8.42 Å². The lowest BCUT2D eigenvalue weighted by Crippen LogP contribution is -2.40. The molecule has 1 N–H and O–H groups in total. The number of hydrogen-bond donors (Lipinski definition) is 1. The summed E-state index contributed by atoms with van der Waals surface area (Å²) in [6.45, 7) is 4.61. The molecular weight excluding hydrogens is 376 g/mol. The zero-order valence-electron chi connectivity index (χ0n) is 15.6. The molecule has 4 rings (SSSR count). The van der Waals surface area contributed by atoms with E-state index in [4.69, 9.17) is 0 Å². The highest BCUT2D eigenvalue weighted by Crippen LogP contribution is 2.34. The summed E-state index contributed by atoms with van der Waals surface area (Å²) in [6, 6.07) is 10.8. The molecule has 2 heterocycles. The number of benzene rings is 2. The average Bonchev–Trinajstić information content (AvgIpc) is 3.18. The van der Waals surface area contributed by atoms with Crippen molar-refractivity contribution >= 4 is 21.5 Å². The van der Waals surface area contributed by atoms with E-state index in [2.05, 4.69) is 17.1 Å². The van der Waals surface area contributed by atoms with Crippen LogP contribution in [-0.4, -0.2) is 50.7 Å². The smallest absolute Gasteiger partial charge is 0.251 e. The average molecular weight is 398 g/mol. The van der Waals surface area contributed by atoms with Crippen LogP contribution in [0, 0.1) is 0 Å². The zero-order chi connectivity index (χ0) is 19.9. The minimum absolute atomic E-state index is 0.00500. The molecule has 28 heavy (non-hydrogen) atoms. The number of likely N-dealkylation sites (N-methyl/N-ethyl adjacent to an activating group) is 1. The highest BCUT2D eigenvalue weighted by molar-refractivity contribution is 7.91. The number of rotatable bonds is 4. The number of sulfone groups is 1. The number of nitrogens with zero attached hydrogens (tertiary/aromatic N) is 1. The van der Waals surface area contributed by atoms with Crippen LogP contribution in [0.25, 0.3) is 0 Å². The number of carbonyl (C=O) groups excluding carboxylic acids is 2. The Kier molecular flexibility index (Phi) is 4.81. The largest absolute Gasteiger partial charge is 0.350 e. The predicted molar refractivity (Wildman–Crippen MR) is 104 cm³/mol. The predicted octanol–water partition coefficient (Wildman–Crippen LogP) is 2.28. The third-order valence-electron chi connectivity index (χ3n) is 5.60. The van der Waals surface area contributed by atoms with Crippen LogP contribution in [0.15, 0.2) is 52.3 Å². The van der Waals surface area contributed by atoms with E-state index in [-0.39, 0.29) is 38.2 Å². The number of fused-ring (bicyclic) bond motifs is 2. The first-order valence-electron chi connectivity index (χ1n) is 9.48. The number of nitrogens with one attached hydrogen (secondary N) is 1. The summed E-state index contributed by atoms with van der Waals surface area (Å²) >= 11 is 0. The van der Waals surface area contributed by atoms with Crippen molar-refractivity contribution in [2.45, 2.75) is 35.6 Å². The molecule has 0 saturated carbocycles. The fourth-order valence-electron chi connectivity index (χ4n) is 4.08. The second-order valence-corrected chi connectivity index (χ2v) is 9.06. The van der Waals surface area contributed by atoms with Gasteiger partial charge in [-0.1, -0.05) is 19.1 Å². The molecule has 2 aliphatic rings. The lowest BCUT2D eigenvalue weighted by atomic mass is 10.0. The number of likely N-dealkylation sites (tertiary alicyclic amines) is 1. The van der Waals surface area contributed by atoms with E-state index in [0.29, 0.717) is 12.6 Å². The Morgan fingerprint density at radius 3 is 2.68 bits per heavy atom. The van der Waals surface area contributed by atoms with Crippen LogP contribution in [-0.2, 0) is 9.84 Å². The lowest BCUT2D eigenvalue weighted by Gasteiger charge is -2.23. The standard InChI is InChI=1S/C21H22N2O4S/c1-2-23-11-5-6-15(23)13-22-21(25)14-9-10-17-19(12-14)28(26,27)18-8-4-3-7-16(18)20(17)24/h3-4,7-10,12,15H,2,5-6,11,13H2,1H3,(H,22,25)/t15-/m0/s1. The summed E-state index contributed by atoms with van der Waals surface area (Å²) in [4.78, 5) is 27.5. The van der Waals surface area contributed by atoms with Crippen molar-refractivity contribution in [3.63, 3.8) is 0 Å². The summed E-state index contributed by atoms with van der Waals surface area (Å²) < 4.78 is 25.9. The molecule has 2 aromatic rings. The van der Waals surface area contributed by atoms with Gasteiger partial charge in [0.1, 0.15) is 0 Å². The van der Waals surface area contributed by atoms with E-state index < -0.39 is 9.84 Å². The van der Waals surface area contributed by atoms with Crippen LogP contribution in [0.1, 0.15) is 46.0 Å². The van der Waals surface area contributed by atoms with Crippen LogP contribution in [0.3, 0.4) is 0 Å². The maximum Gasteiger partial charge on any atom is 0.251 e. The Bertz CT molecular complexity index is 1060. The normalized spacial score (nSPS) is 20.5.